The van der Waals surface area contributed by atoms with Crippen LogP contribution < -0.4 is 10.3 Å². The highest BCUT2D eigenvalue weighted by Gasteiger charge is 2.22. The van der Waals surface area contributed by atoms with Crippen LogP contribution >= 0.6 is 11.8 Å². The minimum absolute atomic E-state index is 0.0783. The molecule has 4 aromatic rings. The summed E-state index contributed by atoms with van der Waals surface area (Å²) in [5.74, 6) is 0.876. The van der Waals surface area contributed by atoms with Crippen molar-refractivity contribution in [3.05, 3.63) is 58.9 Å². The van der Waals surface area contributed by atoms with Gasteiger partial charge < -0.3 is 14.6 Å². The number of benzene rings is 2. The maximum atomic E-state index is 13.7. The lowest BCUT2D eigenvalue weighted by Crippen LogP contribution is -2.36. The number of H-pyrrole nitrogens is 1. The summed E-state index contributed by atoms with van der Waals surface area (Å²) in [4.78, 5) is 36.5. The van der Waals surface area contributed by atoms with Gasteiger partial charge in [-0.1, -0.05) is 42.1 Å². The molecule has 2 aromatic heterocycles. The first-order valence-electron chi connectivity index (χ1n) is 10.7. The van der Waals surface area contributed by atoms with Crippen molar-refractivity contribution < 1.29 is 9.53 Å². The summed E-state index contributed by atoms with van der Waals surface area (Å²) in [6.45, 7) is 1.60. The van der Waals surface area contributed by atoms with Crippen molar-refractivity contribution in [2.45, 2.75) is 24.4 Å². The molecule has 32 heavy (non-hydrogen) atoms. The molecular weight excluding hydrogens is 424 g/mol. The molecule has 1 aliphatic rings. The van der Waals surface area contributed by atoms with E-state index in [4.69, 9.17) is 9.72 Å². The summed E-state index contributed by atoms with van der Waals surface area (Å²) < 4.78 is 7.07. The van der Waals surface area contributed by atoms with Crippen molar-refractivity contribution in [1.82, 2.24) is 19.4 Å². The van der Waals surface area contributed by atoms with Crippen molar-refractivity contribution >= 4 is 39.6 Å². The number of nitrogens with one attached hydrogen (secondary N) is 1. The van der Waals surface area contributed by atoms with Crippen molar-refractivity contribution in [3.63, 3.8) is 0 Å². The molecule has 0 saturated carbocycles. The van der Waals surface area contributed by atoms with Crippen LogP contribution in [0, 0.1) is 0 Å². The number of aromatic amines is 1. The van der Waals surface area contributed by atoms with Gasteiger partial charge in [-0.3, -0.25) is 9.59 Å². The second kappa shape index (κ2) is 8.70. The average molecular weight is 449 g/mol. The predicted molar refractivity (Wildman–Crippen MR) is 127 cm³/mol. The first-order valence-corrected chi connectivity index (χ1v) is 11.7. The number of ether oxygens (including phenoxy) is 1. The number of hydrogen-bond acceptors (Lipinski definition) is 5. The third-order valence-corrected chi connectivity index (χ3v) is 6.78. The Hall–Kier alpha value is -3.26. The molecule has 0 atom stereocenters. The molecule has 0 radical (unpaired) electrons. The van der Waals surface area contributed by atoms with Gasteiger partial charge in [0.25, 0.3) is 5.56 Å². The van der Waals surface area contributed by atoms with Gasteiger partial charge in [0, 0.05) is 24.0 Å². The lowest BCUT2D eigenvalue weighted by Gasteiger charge is -2.26. The molecule has 8 heteroatoms. The number of hydrogen-bond donors (Lipinski definition) is 1. The van der Waals surface area contributed by atoms with E-state index in [1.807, 2.05) is 53.4 Å². The Kier molecular flexibility index (Phi) is 5.61. The fourth-order valence-corrected chi connectivity index (χ4v) is 5.13. The van der Waals surface area contributed by atoms with E-state index in [1.54, 1.807) is 11.7 Å². The van der Waals surface area contributed by atoms with E-state index in [0.717, 1.165) is 36.8 Å². The molecular formula is C24H24N4O3S. The Labute approximate surface area is 189 Å². The Morgan fingerprint density at radius 1 is 1.09 bits per heavy atom. The van der Waals surface area contributed by atoms with E-state index >= 15 is 0 Å². The number of carbonyl (C=O) groups excluding carboxylic acids is 1. The highest BCUT2D eigenvalue weighted by atomic mass is 32.2. The zero-order valence-corrected chi connectivity index (χ0v) is 18.7. The molecule has 0 aliphatic carbocycles. The van der Waals surface area contributed by atoms with Gasteiger partial charge in [-0.05, 0) is 37.5 Å². The van der Waals surface area contributed by atoms with E-state index in [1.165, 1.54) is 18.2 Å². The van der Waals surface area contributed by atoms with Crippen molar-refractivity contribution in [3.8, 4) is 11.4 Å². The molecule has 0 spiro atoms. The molecule has 7 nitrogen and oxygen atoms in total. The minimum Gasteiger partial charge on any atom is -0.495 e. The second-order valence-electron chi connectivity index (χ2n) is 7.83. The van der Waals surface area contributed by atoms with Gasteiger partial charge in [0.1, 0.15) is 16.8 Å². The first kappa shape index (κ1) is 20.6. The van der Waals surface area contributed by atoms with Gasteiger partial charge in [0.2, 0.25) is 5.91 Å². The van der Waals surface area contributed by atoms with Gasteiger partial charge >= 0.3 is 0 Å². The topological polar surface area (TPSA) is 80.2 Å². The third-order valence-electron chi connectivity index (χ3n) is 5.85. The lowest BCUT2D eigenvalue weighted by atomic mass is 10.1. The number of fused-ring (bicyclic) bond motifs is 3. The zero-order chi connectivity index (χ0) is 22.1. The summed E-state index contributed by atoms with van der Waals surface area (Å²) in [5, 5.41) is 1.36. The van der Waals surface area contributed by atoms with E-state index < -0.39 is 0 Å². The van der Waals surface area contributed by atoms with E-state index in [0.29, 0.717) is 27.6 Å². The number of likely N-dealkylation sites (tertiary alicyclic amines) is 1. The normalized spacial score (nSPS) is 14.2. The number of rotatable bonds is 5. The van der Waals surface area contributed by atoms with Crippen LogP contribution in [-0.2, 0) is 4.79 Å². The number of carbonyl (C=O) groups is 1. The lowest BCUT2D eigenvalue weighted by molar-refractivity contribution is -0.129. The van der Waals surface area contributed by atoms with Crippen LogP contribution in [0.2, 0.25) is 0 Å². The van der Waals surface area contributed by atoms with E-state index in [-0.39, 0.29) is 17.2 Å². The molecule has 0 bridgehead atoms. The highest BCUT2D eigenvalue weighted by Crippen LogP contribution is 2.29. The molecule has 1 fully saturated rings. The first-order chi connectivity index (χ1) is 15.7. The molecule has 1 aliphatic heterocycles. The fraction of sp³-hybridized carbons (Fsp3) is 0.292. The molecule has 164 valence electrons. The highest BCUT2D eigenvalue weighted by molar-refractivity contribution is 7.99. The number of nitrogens with zero attached hydrogens (tertiary/aromatic N) is 3. The average Bonchev–Trinajstić information content (AvgIpc) is 3.22. The van der Waals surface area contributed by atoms with Crippen LogP contribution in [0.15, 0.2) is 58.5 Å². The number of para-hydroxylation sites is 3. The number of aromatic nitrogens is 3. The van der Waals surface area contributed by atoms with Crippen LogP contribution in [0.5, 0.6) is 5.75 Å². The quantitative estimate of drug-likeness (QED) is 0.369. The molecule has 1 saturated heterocycles. The molecule has 1 N–H and O–H groups in total. The number of amides is 1. The SMILES string of the molecule is COc1ccccc1-n1c(SCC(=O)N2CCCCC2)nc2c([nH]c3ccccc32)c1=O. The van der Waals surface area contributed by atoms with Crippen molar-refractivity contribution in [1.29, 1.82) is 0 Å². The van der Waals surface area contributed by atoms with Crippen LogP contribution in [0.25, 0.3) is 27.6 Å². The van der Waals surface area contributed by atoms with Gasteiger partial charge in [-0.15, -0.1) is 0 Å². The van der Waals surface area contributed by atoms with Crippen molar-refractivity contribution in [2.24, 2.45) is 0 Å². The molecule has 1 amide bonds. The zero-order valence-electron chi connectivity index (χ0n) is 17.8. The number of methoxy groups -OCH3 is 1. The van der Waals surface area contributed by atoms with Gasteiger partial charge in [-0.2, -0.15) is 0 Å². The van der Waals surface area contributed by atoms with Gasteiger partial charge in [0.05, 0.1) is 18.6 Å². The molecule has 2 aromatic carbocycles. The summed E-state index contributed by atoms with van der Waals surface area (Å²) in [7, 11) is 1.57. The summed E-state index contributed by atoms with van der Waals surface area (Å²) in [6.07, 6.45) is 3.26. The third kappa shape index (κ3) is 3.64. The van der Waals surface area contributed by atoms with Crippen LogP contribution in [-0.4, -0.2) is 51.3 Å². The van der Waals surface area contributed by atoms with E-state index in [2.05, 4.69) is 4.98 Å². The Morgan fingerprint density at radius 2 is 1.84 bits per heavy atom. The van der Waals surface area contributed by atoms with E-state index in [9.17, 15) is 9.59 Å². The Bertz CT molecular complexity index is 1350. The smallest absolute Gasteiger partial charge is 0.283 e. The molecule has 0 unspecified atom stereocenters. The van der Waals surface area contributed by atoms with Gasteiger partial charge in [0.15, 0.2) is 5.16 Å². The Balaban J connectivity index is 1.64. The fourth-order valence-electron chi connectivity index (χ4n) is 4.23. The predicted octanol–water partition coefficient (Wildman–Crippen LogP) is 3.98. The Morgan fingerprint density at radius 3 is 2.66 bits per heavy atom. The minimum atomic E-state index is -0.219. The van der Waals surface area contributed by atoms with Crippen LogP contribution in [0.4, 0.5) is 0 Å². The molecule has 3 heterocycles. The molecule has 5 rings (SSSR count). The van der Waals surface area contributed by atoms with Crippen LogP contribution in [0.3, 0.4) is 0 Å². The van der Waals surface area contributed by atoms with Crippen molar-refractivity contribution in [2.75, 3.05) is 26.0 Å². The summed E-state index contributed by atoms with van der Waals surface area (Å²) >= 11 is 1.29. The summed E-state index contributed by atoms with van der Waals surface area (Å²) in [6, 6.07) is 15.1. The van der Waals surface area contributed by atoms with Gasteiger partial charge in [-0.25, -0.2) is 9.55 Å². The maximum Gasteiger partial charge on any atom is 0.283 e. The standard InChI is InChI=1S/C24H24N4O3S/c1-31-19-12-6-5-11-18(19)28-23(30)22-21(16-9-3-4-10-17(16)25-22)26-24(28)32-15-20(29)27-13-7-2-8-14-27/h3-6,9-12,25H,2,7-8,13-15H2,1H3. The largest absolute Gasteiger partial charge is 0.495 e. The summed E-state index contributed by atoms with van der Waals surface area (Å²) in [5.41, 5.74) is 2.28. The second-order valence-corrected chi connectivity index (χ2v) is 8.77. The number of thioether (sulfide) groups is 1. The maximum absolute atomic E-state index is 13.7. The number of piperidine rings is 1. The monoisotopic (exact) mass is 448 g/mol. The van der Waals surface area contributed by atoms with Crippen LogP contribution in [0.1, 0.15) is 19.3 Å².